The van der Waals surface area contributed by atoms with Gasteiger partial charge in [0.1, 0.15) is 19.0 Å². The Morgan fingerprint density at radius 3 is 2.56 bits per heavy atom. The summed E-state index contributed by atoms with van der Waals surface area (Å²) in [5.41, 5.74) is 12.0. The van der Waals surface area contributed by atoms with Crippen molar-refractivity contribution < 1.29 is 27.2 Å². The average Bonchev–Trinajstić information content (AvgIpc) is 2.83. The number of ether oxygens (including phenoxy) is 1. The molecule has 36 heavy (non-hydrogen) atoms. The summed E-state index contributed by atoms with van der Waals surface area (Å²) in [6.45, 7) is 1.18. The highest BCUT2D eigenvalue weighted by Gasteiger charge is 2.19. The summed E-state index contributed by atoms with van der Waals surface area (Å²) < 4.78 is 44.2. The average molecular weight is 523 g/mol. The maximum absolute atomic E-state index is 15.0. The molecule has 15 heteroatoms. The predicted molar refractivity (Wildman–Crippen MR) is 131 cm³/mol. The molecule has 1 saturated heterocycles. The van der Waals surface area contributed by atoms with Crippen LogP contribution in [0.4, 0.5) is 15.1 Å². The van der Waals surface area contributed by atoms with E-state index >= 15 is 0 Å². The number of amides is 1. The molecule has 194 valence electrons. The lowest BCUT2D eigenvalue weighted by Crippen LogP contribution is -2.35. The van der Waals surface area contributed by atoms with E-state index in [1.807, 2.05) is 4.90 Å². The molecule has 0 atom stereocenters. The van der Waals surface area contributed by atoms with Crippen molar-refractivity contribution in [1.82, 2.24) is 14.7 Å². The number of piperidine rings is 1. The van der Waals surface area contributed by atoms with E-state index in [0.29, 0.717) is 37.4 Å². The number of nitrogens with two attached hydrogens (primary N) is 2. The number of nitrogens with zero attached hydrogens (tertiary/aromatic N) is 5. The lowest BCUT2D eigenvalue weighted by molar-refractivity contribution is 0.148. The Morgan fingerprint density at radius 1 is 1.22 bits per heavy atom. The maximum atomic E-state index is 15.0. The summed E-state index contributed by atoms with van der Waals surface area (Å²) in [5, 5.41) is 4.06. The van der Waals surface area contributed by atoms with Gasteiger partial charge in [0, 0.05) is 61.6 Å². The first-order valence-electron chi connectivity index (χ1n) is 10.9. The quantitative estimate of drug-likeness (QED) is 0.183. The molecule has 5 N–H and O–H groups in total. The Morgan fingerprint density at radius 2 is 1.92 bits per heavy atom. The van der Waals surface area contributed by atoms with Crippen LogP contribution in [0.25, 0.3) is 11.1 Å². The summed E-state index contributed by atoms with van der Waals surface area (Å²) in [7, 11) is -3.25. The first-order valence-corrected chi connectivity index (χ1v) is 12.7. The van der Waals surface area contributed by atoms with Crippen LogP contribution in [0.1, 0.15) is 18.4 Å². The van der Waals surface area contributed by atoms with Crippen molar-refractivity contribution in [2.24, 2.45) is 21.6 Å². The number of aromatic nitrogens is 2. The van der Waals surface area contributed by atoms with Gasteiger partial charge in [-0.1, -0.05) is 23.4 Å². The summed E-state index contributed by atoms with van der Waals surface area (Å²) in [6, 6.07) is 4.68. The number of sulfonamides is 1. The van der Waals surface area contributed by atoms with Crippen molar-refractivity contribution >= 4 is 33.7 Å². The number of rotatable bonds is 9. The number of hydrogen-bond acceptors (Lipinski definition) is 9. The van der Waals surface area contributed by atoms with Crippen molar-refractivity contribution in [3.63, 3.8) is 0 Å². The fraction of sp³-hybridized carbons (Fsp3) is 0.381. The first kappa shape index (κ1) is 26.7. The monoisotopic (exact) mass is 522 g/mol. The number of anilines is 1. The molecule has 13 nitrogen and oxygen atoms in total. The number of guanidine groups is 1. The van der Waals surface area contributed by atoms with Gasteiger partial charge in [0.25, 0.3) is 0 Å². The number of carbonyl (C=O) groups is 1. The molecule has 1 aliphatic rings. The zero-order chi connectivity index (χ0) is 26.1. The molecule has 1 aliphatic heterocycles. The first-order chi connectivity index (χ1) is 17.1. The number of benzene rings is 1. The van der Waals surface area contributed by atoms with E-state index in [2.05, 4.69) is 24.8 Å². The van der Waals surface area contributed by atoms with Gasteiger partial charge >= 0.3 is 6.09 Å². The fourth-order valence-electron chi connectivity index (χ4n) is 3.28. The van der Waals surface area contributed by atoms with Gasteiger partial charge in [-0.15, -0.1) is 4.99 Å². The van der Waals surface area contributed by atoms with Crippen molar-refractivity contribution in [2.75, 3.05) is 37.4 Å². The molecule has 0 aliphatic carbocycles. The molecule has 0 saturated carbocycles. The molecule has 0 spiro atoms. The number of nitrogens with one attached hydrogen (secondary N) is 1. The third-order valence-electron chi connectivity index (χ3n) is 4.97. The number of halogens is 1. The van der Waals surface area contributed by atoms with Crippen LogP contribution in [0.15, 0.2) is 40.7 Å². The Balaban J connectivity index is 1.55. The van der Waals surface area contributed by atoms with Crippen LogP contribution in [0.5, 0.6) is 0 Å². The summed E-state index contributed by atoms with van der Waals surface area (Å²) >= 11 is 0. The molecule has 3 rings (SSSR count). The highest BCUT2D eigenvalue weighted by atomic mass is 32.2. The van der Waals surface area contributed by atoms with Crippen LogP contribution in [0.3, 0.4) is 0 Å². The number of hydrogen-bond donors (Lipinski definition) is 3. The summed E-state index contributed by atoms with van der Waals surface area (Å²) in [5.74, 6) is -0.521. The van der Waals surface area contributed by atoms with Crippen LogP contribution in [-0.4, -0.2) is 68.6 Å². The SMILES string of the molecule is CS(=O)(=O)NCCON=C1CCN(c2ncc(-c3cccc(COC(=O)N=C(N)N)c3F)cn2)CC1. The standard InChI is InChI=1S/C21H27FN8O5S/c1-36(32,33)27-7-10-35-29-16-5-8-30(9-6-16)20-25-11-15(12-26-20)17-4-2-3-14(18(17)22)13-34-21(31)28-19(23)24/h2-4,11-12,27H,5-10,13H2,1H3,(H4,23,24,28,31). The molecule has 1 amide bonds. The minimum Gasteiger partial charge on any atom is -0.443 e. The third kappa shape index (κ3) is 8.13. The van der Waals surface area contributed by atoms with Gasteiger partial charge in [-0.2, -0.15) is 0 Å². The van der Waals surface area contributed by atoms with E-state index in [-0.39, 0.29) is 30.9 Å². The Labute approximate surface area is 207 Å². The zero-order valence-electron chi connectivity index (χ0n) is 19.6. The van der Waals surface area contributed by atoms with Gasteiger partial charge in [-0.3, -0.25) is 0 Å². The van der Waals surface area contributed by atoms with Crippen molar-refractivity contribution in [1.29, 1.82) is 0 Å². The van der Waals surface area contributed by atoms with Gasteiger partial charge in [0.05, 0.1) is 12.0 Å². The molecule has 0 radical (unpaired) electrons. The van der Waals surface area contributed by atoms with Crippen molar-refractivity contribution in [3.8, 4) is 11.1 Å². The second-order valence-electron chi connectivity index (χ2n) is 7.79. The molecular formula is C21H27FN8O5S. The Hall–Kier alpha value is -3.85. The van der Waals surface area contributed by atoms with Gasteiger partial charge < -0.3 is 25.9 Å². The topological polar surface area (TPSA) is 187 Å². The second kappa shape index (κ2) is 12.2. The van der Waals surface area contributed by atoms with Crippen molar-refractivity contribution in [3.05, 3.63) is 42.0 Å². The maximum Gasteiger partial charge on any atom is 0.437 e. The molecule has 1 aromatic heterocycles. The minimum absolute atomic E-state index is 0.140. The smallest absolute Gasteiger partial charge is 0.437 e. The number of aliphatic imine (C=N–C) groups is 1. The molecule has 1 aromatic carbocycles. The van der Waals surface area contributed by atoms with Crippen LogP contribution >= 0.6 is 0 Å². The summed E-state index contributed by atoms with van der Waals surface area (Å²) in [4.78, 5) is 30.6. The highest BCUT2D eigenvalue weighted by molar-refractivity contribution is 7.88. The van der Waals surface area contributed by atoms with Gasteiger partial charge in [-0.25, -0.2) is 32.3 Å². The third-order valence-corrected chi connectivity index (χ3v) is 5.70. The van der Waals surface area contributed by atoms with E-state index in [0.717, 1.165) is 12.0 Å². The van der Waals surface area contributed by atoms with Crippen LogP contribution < -0.4 is 21.1 Å². The van der Waals surface area contributed by atoms with Gasteiger partial charge in [0.15, 0.2) is 5.96 Å². The van der Waals surface area contributed by atoms with Crippen LogP contribution in [0, 0.1) is 5.82 Å². The fourth-order valence-corrected chi connectivity index (χ4v) is 3.73. The van der Waals surface area contributed by atoms with Gasteiger partial charge in [-0.05, 0) is 0 Å². The van der Waals surface area contributed by atoms with E-state index in [1.54, 1.807) is 12.1 Å². The van der Waals surface area contributed by atoms with Gasteiger partial charge in [0.2, 0.25) is 16.0 Å². The van der Waals surface area contributed by atoms with E-state index in [1.165, 1.54) is 18.5 Å². The molecule has 1 fully saturated rings. The number of carbonyl (C=O) groups excluding carboxylic acids is 1. The highest BCUT2D eigenvalue weighted by Crippen LogP contribution is 2.26. The second-order valence-corrected chi connectivity index (χ2v) is 9.62. The predicted octanol–water partition coefficient (Wildman–Crippen LogP) is 0.715. The normalized spacial score (nSPS) is 13.7. The molecular weight excluding hydrogens is 495 g/mol. The van der Waals surface area contributed by atoms with E-state index in [9.17, 15) is 17.6 Å². The Kier molecular flexibility index (Phi) is 9.08. The molecule has 2 aromatic rings. The van der Waals surface area contributed by atoms with Crippen LogP contribution in [-0.2, 0) is 26.2 Å². The summed E-state index contributed by atoms with van der Waals surface area (Å²) in [6.07, 6.45) is 4.39. The van der Waals surface area contributed by atoms with Crippen molar-refractivity contribution in [2.45, 2.75) is 19.4 Å². The zero-order valence-corrected chi connectivity index (χ0v) is 20.4. The number of oxime groups is 1. The van der Waals surface area contributed by atoms with E-state index in [4.69, 9.17) is 21.0 Å². The Bertz CT molecular complexity index is 1220. The lowest BCUT2D eigenvalue weighted by atomic mass is 10.1. The minimum atomic E-state index is -3.25. The van der Waals surface area contributed by atoms with E-state index < -0.39 is 27.9 Å². The largest absolute Gasteiger partial charge is 0.443 e. The lowest BCUT2D eigenvalue weighted by Gasteiger charge is -2.27. The molecule has 0 unspecified atom stereocenters. The molecule has 0 bridgehead atoms. The molecule has 2 heterocycles. The van der Waals surface area contributed by atoms with Crippen LogP contribution in [0.2, 0.25) is 0 Å².